The maximum Gasteiger partial charge on any atom is 0.246 e. The highest BCUT2D eigenvalue weighted by Crippen LogP contribution is 2.37. The third-order valence-corrected chi connectivity index (χ3v) is 2.67. The van der Waals surface area contributed by atoms with Crippen molar-refractivity contribution in [1.82, 2.24) is 10.1 Å². The molecule has 0 atom stereocenters. The fraction of sp³-hybridized carbons (Fsp3) is 0.778. The lowest BCUT2D eigenvalue weighted by Crippen LogP contribution is -2.44. The lowest BCUT2D eigenvalue weighted by Gasteiger charge is -2.34. The van der Waals surface area contributed by atoms with Crippen molar-refractivity contribution in [2.45, 2.75) is 44.2 Å². The van der Waals surface area contributed by atoms with E-state index in [1.54, 1.807) is 0 Å². The van der Waals surface area contributed by atoms with Gasteiger partial charge in [0.15, 0.2) is 5.82 Å². The van der Waals surface area contributed by atoms with Crippen LogP contribution in [0.15, 0.2) is 4.52 Å². The molecule has 0 unspecified atom stereocenters. The maximum atomic E-state index is 6.05. The van der Waals surface area contributed by atoms with Crippen LogP contribution >= 0.6 is 0 Å². The van der Waals surface area contributed by atoms with E-state index in [0.29, 0.717) is 11.7 Å². The Hall–Kier alpha value is -0.940. The van der Waals surface area contributed by atoms with Gasteiger partial charge in [-0.3, -0.25) is 0 Å². The summed E-state index contributed by atoms with van der Waals surface area (Å²) in [6, 6.07) is 0. The van der Waals surface area contributed by atoms with Crippen LogP contribution in [0.2, 0.25) is 0 Å². The molecule has 0 aromatic carbocycles. The van der Waals surface area contributed by atoms with Crippen LogP contribution in [0, 0.1) is 0 Å². The zero-order chi connectivity index (χ0) is 10.4. The van der Waals surface area contributed by atoms with E-state index in [-0.39, 0.29) is 5.54 Å². The molecule has 78 valence electrons. The van der Waals surface area contributed by atoms with Gasteiger partial charge in [0.05, 0.1) is 11.1 Å². The summed E-state index contributed by atoms with van der Waals surface area (Å²) in [5, 5.41) is 3.89. The Labute approximate surface area is 82.8 Å². The van der Waals surface area contributed by atoms with Gasteiger partial charge in [0.1, 0.15) is 0 Å². The first-order valence-electron chi connectivity index (χ1n) is 4.84. The predicted octanol–water partition coefficient (Wildman–Crippen LogP) is 0.601. The lowest BCUT2D eigenvalue weighted by molar-refractivity contribution is 0.227. The van der Waals surface area contributed by atoms with Crippen LogP contribution in [0.1, 0.15) is 44.8 Å². The number of nitrogens with zero attached hydrogens (tertiary/aromatic N) is 2. The van der Waals surface area contributed by atoms with E-state index in [9.17, 15) is 0 Å². The lowest BCUT2D eigenvalue weighted by atomic mass is 9.77. The Morgan fingerprint density at radius 1 is 1.43 bits per heavy atom. The molecule has 0 spiro atoms. The molecule has 0 saturated heterocycles. The van der Waals surface area contributed by atoms with Gasteiger partial charge in [-0.15, -0.1) is 0 Å². The van der Waals surface area contributed by atoms with E-state index in [1.165, 1.54) is 0 Å². The van der Waals surface area contributed by atoms with Gasteiger partial charge < -0.3 is 16.0 Å². The Morgan fingerprint density at radius 2 is 2.07 bits per heavy atom. The van der Waals surface area contributed by atoms with E-state index >= 15 is 0 Å². The van der Waals surface area contributed by atoms with Gasteiger partial charge in [0, 0.05) is 0 Å². The average Bonchev–Trinajstić information content (AvgIpc) is 2.46. The summed E-state index contributed by atoms with van der Waals surface area (Å²) in [7, 11) is 0. The molecule has 0 amide bonds. The van der Waals surface area contributed by atoms with Gasteiger partial charge in [-0.05, 0) is 33.1 Å². The van der Waals surface area contributed by atoms with Crippen molar-refractivity contribution in [2.75, 3.05) is 0 Å². The number of hydrogen-bond acceptors (Lipinski definition) is 5. The smallest absolute Gasteiger partial charge is 0.246 e. The summed E-state index contributed by atoms with van der Waals surface area (Å²) in [6.45, 7) is 3.66. The van der Waals surface area contributed by atoms with Crippen LogP contribution < -0.4 is 11.5 Å². The number of hydrogen-bond donors (Lipinski definition) is 2. The van der Waals surface area contributed by atoms with Gasteiger partial charge in [-0.2, -0.15) is 4.98 Å². The third kappa shape index (κ3) is 1.42. The summed E-state index contributed by atoms with van der Waals surface area (Å²) in [6.07, 6.45) is 2.99. The van der Waals surface area contributed by atoms with E-state index < -0.39 is 5.54 Å². The fourth-order valence-electron chi connectivity index (χ4n) is 1.47. The topological polar surface area (TPSA) is 91.0 Å². The number of nitrogens with two attached hydrogens (primary N) is 2. The van der Waals surface area contributed by atoms with Gasteiger partial charge in [0.25, 0.3) is 0 Å². The van der Waals surface area contributed by atoms with Crippen molar-refractivity contribution < 1.29 is 4.52 Å². The minimum Gasteiger partial charge on any atom is -0.337 e. The first-order chi connectivity index (χ1) is 6.42. The molecule has 1 aromatic heterocycles. The van der Waals surface area contributed by atoms with Gasteiger partial charge >= 0.3 is 0 Å². The van der Waals surface area contributed by atoms with Crippen molar-refractivity contribution in [3.05, 3.63) is 11.7 Å². The second-order valence-electron chi connectivity index (χ2n) is 4.65. The summed E-state index contributed by atoms with van der Waals surface area (Å²) in [5.74, 6) is 1.04. The second-order valence-corrected chi connectivity index (χ2v) is 4.65. The molecule has 1 aliphatic carbocycles. The number of rotatable bonds is 2. The molecule has 1 aromatic rings. The Kier molecular flexibility index (Phi) is 1.90. The Bertz CT molecular complexity index is 335. The van der Waals surface area contributed by atoms with Crippen molar-refractivity contribution in [1.29, 1.82) is 0 Å². The molecule has 0 aliphatic heterocycles. The quantitative estimate of drug-likeness (QED) is 0.722. The van der Waals surface area contributed by atoms with E-state index in [4.69, 9.17) is 16.0 Å². The molecule has 1 saturated carbocycles. The normalized spacial score (nSPS) is 20.6. The standard InChI is InChI=1S/C9H16N4O/c1-8(2,10)7-12-6(13-14-7)9(11)4-3-5-9/h3-5,10-11H2,1-2H3. The van der Waals surface area contributed by atoms with E-state index in [1.807, 2.05) is 13.8 Å². The molecular weight excluding hydrogens is 180 g/mol. The molecule has 5 heteroatoms. The van der Waals surface area contributed by atoms with Crippen LogP contribution in [0.4, 0.5) is 0 Å². The Morgan fingerprint density at radius 3 is 2.43 bits per heavy atom. The van der Waals surface area contributed by atoms with Crippen molar-refractivity contribution in [2.24, 2.45) is 11.5 Å². The molecular formula is C9H16N4O. The minimum absolute atomic E-state index is 0.368. The van der Waals surface area contributed by atoms with Crippen molar-refractivity contribution in [3.8, 4) is 0 Å². The zero-order valence-corrected chi connectivity index (χ0v) is 8.58. The molecule has 1 heterocycles. The van der Waals surface area contributed by atoms with Crippen LogP contribution in [-0.2, 0) is 11.1 Å². The predicted molar refractivity (Wildman–Crippen MR) is 51.2 cm³/mol. The van der Waals surface area contributed by atoms with Crippen molar-refractivity contribution >= 4 is 0 Å². The average molecular weight is 196 g/mol. The highest BCUT2D eigenvalue weighted by Gasteiger charge is 2.39. The molecule has 2 rings (SSSR count). The van der Waals surface area contributed by atoms with Crippen molar-refractivity contribution in [3.63, 3.8) is 0 Å². The monoisotopic (exact) mass is 196 g/mol. The van der Waals surface area contributed by atoms with Crippen LogP contribution in [-0.4, -0.2) is 10.1 Å². The highest BCUT2D eigenvalue weighted by atomic mass is 16.5. The van der Waals surface area contributed by atoms with E-state index in [2.05, 4.69) is 10.1 Å². The third-order valence-electron chi connectivity index (χ3n) is 2.67. The summed E-state index contributed by atoms with van der Waals surface area (Å²) >= 11 is 0. The zero-order valence-electron chi connectivity index (χ0n) is 8.58. The molecule has 0 bridgehead atoms. The molecule has 1 aliphatic rings. The first kappa shape index (κ1) is 9.61. The largest absolute Gasteiger partial charge is 0.337 e. The highest BCUT2D eigenvalue weighted by molar-refractivity contribution is 5.10. The van der Waals surface area contributed by atoms with Crippen LogP contribution in [0.3, 0.4) is 0 Å². The summed E-state index contributed by atoms with van der Waals surface area (Å²) in [5.41, 5.74) is 10.9. The van der Waals surface area contributed by atoms with Gasteiger partial charge in [-0.25, -0.2) is 0 Å². The second kappa shape index (κ2) is 2.77. The molecule has 14 heavy (non-hydrogen) atoms. The van der Waals surface area contributed by atoms with Gasteiger partial charge in [0.2, 0.25) is 5.89 Å². The molecule has 5 nitrogen and oxygen atoms in total. The van der Waals surface area contributed by atoms with Gasteiger partial charge in [-0.1, -0.05) is 5.16 Å². The van der Waals surface area contributed by atoms with E-state index in [0.717, 1.165) is 19.3 Å². The fourth-order valence-corrected chi connectivity index (χ4v) is 1.47. The number of aromatic nitrogens is 2. The first-order valence-corrected chi connectivity index (χ1v) is 4.84. The summed E-state index contributed by atoms with van der Waals surface area (Å²) < 4.78 is 5.09. The maximum absolute atomic E-state index is 6.05. The summed E-state index contributed by atoms with van der Waals surface area (Å²) in [4.78, 5) is 4.25. The Balaban J connectivity index is 2.26. The van der Waals surface area contributed by atoms with Crippen LogP contribution in [0.5, 0.6) is 0 Å². The molecule has 0 radical (unpaired) electrons. The molecule has 4 N–H and O–H groups in total. The minimum atomic E-state index is -0.592. The molecule has 1 fully saturated rings. The van der Waals surface area contributed by atoms with Crippen LogP contribution in [0.25, 0.3) is 0 Å². The SMILES string of the molecule is CC(C)(N)c1nc(C2(N)CCC2)no1.